The van der Waals surface area contributed by atoms with Gasteiger partial charge in [-0.2, -0.15) is 0 Å². The van der Waals surface area contributed by atoms with Gasteiger partial charge in [0.15, 0.2) is 0 Å². The zero-order valence-corrected chi connectivity index (χ0v) is 12.0. The SMILES string of the molecule is CSc1ccc(NC(=O)COCc2ccccc2)nc1. The van der Waals surface area contributed by atoms with Crippen LogP contribution in [-0.2, 0) is 16.1 Å². The van der Waals surface area contributed by atoms with Crippen LogP contribution in [0.15, 0.2) is 53.6 Å². The maximum atomic E-state index is 11.7. The largest absolute Gasteiger partial charge is 0.367 e. The van der Waals surface area contributed by atoms with E-state index in [4.69, 9.17) is 4.74 Å². The molecule has 4 nitrogen and oxygen atoms in total. The molecule has 0 atom stereocenters. The second-order valence-corrected chi connectivity index (χ2v) is 4.99. The van der Waals surface area contributed by atoms with Crippen LogP contribution >= 0.6 is 11.8 Å². The molecule has 0 aliphatic rings. The molecular formula is C15H16N2O2S. The summed E-state index contributed by atoms with van der Waals surface area (Å²) in [5, 5.41) is 2.70. The third kappa shape index (κ3) is 4.68. The summed E-state index contributed by atoms with van der Waals surface area (Å²) in [6, 6.07) is 13.4. The Balaban J connectivity index is 1.74. The Labute approximate surface area is 122 Å². The summed E-state index contributed by atoms with van der Waals surface area (Å²) < 4.78 is 5.35. The van der Waals surface area contributed by atoms with Crippen LogP contribution in [0.3, 0.4) is 0 Å². The number of nitrogens with zero attached hydrogens (tertiary/aromatic N) is 1. The normalized spacial score (nSPS) is 10.2. The number of anilines is 1. The fourth-order valence-corrected chi connectivity index (χ4v) is 1.95. The maximum Gasteiger partial charge on any atom is 0.251 e. The molecule has 2 rings (SSSR count). The lowest BCUT2D eigenvalue weighted by molar-refractivity contribution is -0.121. The summed E-state index contributed by atoms with van der Waals surface area (Å²) in [4.78, 5) is 16.9. The molecule has 1 amide bonds. The van der Waals surface area contributed by atoms with E-state index >= 15 is 0 Å². The third-order valence-electron chi connectivity index (χ3n) is 2.58. The Morgan fingerprint density at radius 3 is 2.70 bits per heavy atom. The number of amides is 1. The van der Waals surface area contributed by atoms with Crippen LogP contribution in [0.2, 0.25) is 0 Å². The van der Waals surface area contributed by atoms with Crippen LogP contribution in [0.1, 0.15) is 5.56 Å². The summed E-state index contributed by atoms with van der Waals surface area (Å²) in [6.07, 6.45) is 3.71. The Morgan fingerprint density at radius 1 is 1.25 bits per heavy atom. The van der Waals surface area contributed by atoms with Crippen LogP contribution in [0.5, 0.6) is 0 Å². The molecule has 1 aromatic carbocycles. The first-order chi connectivity index (χ1) is 9.78. The van der Waals surface area contributed by atoms with Crippen LogP contribution in [0.25, 0.3) is 0 Å². The van der Waals surface area contributed by atoms with Crippen molar-refractivity contribution >= 4 is 23.5 Å². The van der Waals surface area contributed by atoms with E-state index < -0.39 is 0 Å². The Kier molecular flexibility index (Phi) is 5.58. The van der Waals surface area contributed by atoms with E-state index in [0.29, 0.717) is 12.4 Å². The maximum absolute atomic E-state index is 11.7. The van der Waals surface area contributed by atoms with Gasteiger partial charge in [0.2, 0.25) is 0 Å². The van der Waals surface area contributed by atoms with E-state index in [-0.39, 0.29) is 12.5 Å². The fraction of sp³-hybridized carbons (Fsp3) is 0.200. The zero-order valence-electron chi connectivity index (χ0n) is 11.2. The molecule has 1 aromatic heterocycles. The molecule has 1 N–H and O–H groups in total. The number of hydrogen-bond acceptors (Lipinski definition) is 4. The van der Waals surface area contributed by atoms with E-state index in [1.807, 2.05) is 42.7 Å². The highest BCUT2D eigenvalue weighted by molar-refractivity contribution is 7.98. The van der Waals surface area contributed by atoms with Gasteiger partial charge in [0.1, 0.15) is 12.4 Å². The van der Waals surface area contributed by atoms with Crippen LogP contribution in [-0.4, -0.2) is 23.8 Å². The lowest BCUT2D eigenvalue weighted by Crippen LogP contribution is -2.18. The number of carbonyl (C=O) groups excluding carboxylic acids is 1. The predicted molar refractivity (Wildman–Crippen MR) is 80.7 cm³/mol. The van der Waals surface area contributed by atoms with Crippen molar-refractivity contribution in [3.8, 4) is 0 Å². The smallest absolute Gasteiger partial charge is 0.251 e. The summed E-state index contributed by atoms with van der Waals surface area (Å²) in [7, 11) is 0. The molecule has 1 heterocycles. The number of thioether (sulfide) groups is 1. The summed E-state index contributed by atoms with van der Waals surface area (Å²) >= 11 is 1.61. The molecule has 0 radical (unpaired) electrons. The molecule has 0 spiro atoms. The minimum absolute atomic E-state index is 0.0147. The molecule has 20 heavy (non-hydrogen) atoms. The van der Waals surface area contributed by atoms with E-state index in [2.05, 4.69) is 10.3 Å². The Bertz CT molecular complexity index is 544. The van der Waals surface area contributed by atoms with Crippen molar-refractivity contribution < 1.29 is 9.53 Å². The summed E-state index contributed by atoms with van der Waals surface area (Å²) in [5.41, 5.74) is 1.04. The topological polar surface area (TPSA) is 51.2 Å². The fourth-order valence-electron chi connectivity index (χ4n) is 1.59. The number of aromatic nitrogens is 1. The average molecular weight is 288 g/mol. The van der Waals surface area contributed by atoms with Crippen LogP contribution in [0.4, 0.5) is 5.82 Å². The number of nitrogens with one attached hydrogen (secondary N) is 1. The van der Waals surface area contributed by atoms with Gasteiger partial charge < -0.3 is 10.1 Å². The lowest BCUT2D eigenvalue weighted by atomic mass is 10.2. The monoisotopic (exact) mass is 288 g/mol. The standard InChI is InChI=1S/C15H16N2O2S/c1-20-13-7-8-14(16-9-13)17-15(18)11-19-10-12-5-3-2-4-6-12/h2-9H,10-11H2,1H3,(H,16,17,18). The van der Waals surface area contributed by atoms with Gasteiger partial charge in [-0.3, -0.25) is 4.79 Å². The second-order valence-electron chi connectivity index (χ2n) is 4.11. The highest BCUT2D eigenvalue weighted by Gasteiger charge is 2.03. The first-order valence-electron chi connectivity index (χ1n) is 6.19. The van der Waals surface area contributed by atoms with Crippen molar-refractivity contribution in [1.82, 2.24) is 4.98 Å². The molecule has 0 bridgehead atoms. The molecular weight excluding hydrogens is 272 g/mol. The molecule has 0 saturated carbocycles. The first kappa shape index (κ1) is 14.6. The molecule has 0 saturated heterocycles. The quantitative estimate of drug-likeness (QED) is 0.830. The molecule has 0 unspecified atom stereocenters. The number of rotatable bonds is 6. The molecule has 5 heteroatoms. The van der Waals surface area contributed by atoms with Gasteiger partial charge in [0.25, 0.3) is 5.91 Å². The number of carbonyl (C=O) groups is 1. The van der Waals surface area contributed by atoms with Crippen molar-refractivity contribution in [2.24, 2.45) is 0 Å². The third-order valence-corrected chi connectivity index (χ3v) is 3.30. The number of benzene rings is 1. The van der Waals surface area contributed by atoms with E-state index in [9.17, 15) is 4.79 Å². The highest BCUT2D eigenvalue weighted by atomic mass is 32.2. The minimum Gasteiger partial charge on any atom is -0.367 e. The van der Waals surface area contributed by atoms with E-state index in [1.54, 1.807) is 24.0 Å². The van der Waals surface area contributed by atoms with E-state index in [0.717, 1.165) is 10.5 Å². The second kappa shape index (κ2) is 7.67. The average Bonchev–Trinajstić information content (AvgIpc) is 2.49. The molecule has 0 aliphatic carbocycles. The summed E-state index contributed by atoms with van der Waals surface area (Å²) in [6.45, 7) is 0.438. The van der Waals surface area contributed by atoms with Crippen molar-refractivity contribution in [3.63, 3.8) is 0 Å². The van der Waals surface area contributed by atoms with Crippen LogP contribution in [0, 0.1) is 0 Å². The molecule has 2 aromatic rings. The predicted octanol–water partition coefficient (Wildman–Crippen LogP) is 2.96. The molecule has 0 fully saturated rings. The number of ether oxygens (including phenoxy) is 1. The number of hydrogen-bond donors (Lipinski definition) is 1. The van der Waals surface area contributed by atoms with Gasteiger partial charge in [-0.25, -0.2) is 4.98 Å². The van der Waals surface area contributed by atoms with E-state index in [1.165, 1.54) is 0 Å². The van der Waals surface area contributed by atoms with Crippen molar-refractivity contribution in [2.45, 2.75) is 11.5 Å². The van der Waals surface area contributed by atoms with Crippen molar-refractivity contribution in [2.75, 3.05) is 18.2 Å². The number of pyridine rings is 1. The Morgan fingerprint density at radius 2 is 2.05 bits per heavy atom. The van der Waals surface area contributed by atoms with Crippen molar-refractivity contribution in [3.05, 3.63) is 54.2 Å². The molecule has 104 valence electrons. The summed E-state index contributed by atoms with van der Waals surface area (Å²) in [5.74, 6) is 0.335. The lowest BCUT2D eigenvalue weighted by Gasteiger charge is -2.06. The van der Waals surface area contributed by atoms with Gasteiger partial charge in [-0.05, 0) is 24.0 Å². The molecule has 0 aliphatic heterocycles. The van der Waals surface area contributed by atoms with Gasteiger partial charge in [-0.1, -0.05) is 30.3 Å². The minimum atomic E-state index is -0.203. The van der Waals surface area contributed by atoms with Gasteiger partial charge in [-0.15, -0.1) is 11.8 Å². The first-order valence-corrected chi connectivity index (χ1v) is 7.42. The van der Waals surface area contributed by atoms with Crippen molar-refractivity contribution in [1.29, 1.82) is 0 Å². The highest BCUT2D eigenvalue weighted by Crippen LogP contribution is 2.14. The van der Waals surface area contributed by atoms with Gasteiger partial charge in [0.05, 0.1) is 6.61 Å². The van der Waals surface area contributed by atoms with Gasteiger partial charge in [0, 0.05) is 11.1 Å². The zero-order chi connectivity index (χ0) is 14.2. The van der Waals surface area contributed by atoms with Crippen LogP contribution < -0.4 is 5.32 Å². The Hall–Kier alpha value is -1.85. The van der Waals surface area contributed by atoms with Gasteiger partial charge >= 0.3 is 0 Å².